The van der Waals surface area contributed by atoms with Gasteiger partial charge < -0.3 is 10.6 Å². The van der Waals surface area contributed by atoms with Gasteiger partial charge in [-0.1, -0.05) is 0 Å². The van der Waals surface area contributed by atoms with Crippen molar-refractivity contribution >= 4 is 34.0 Å². The van der Waals surface area contributed by atoms with E-state index in [0.717, 1.165) is 6.07 Å². The SMILES string of the molecule is CC(=O)Nc1ccc(F)c(C(=O)Nc2ccc(S(C)=O)cc2)c1. The Labute approximate surface area is 135 Å². The molecule has 120 valence electrons. The standard InChI is InChI=1S/C16H15FN2O3S/c1-10(20)18-12-5-8-15(17)14(9-12)16(21)19-11-3-6-13(7-4-11)23(2)22/h3-9H,1-2H3,(H,18,20)(H,19,21). The van der Waals surface area contributed by atoms with Crippen LogP contribution < -0.4 is 10.6 Å². The number of hydrogen-bond donors (Lipinski definition) is 2. The maximum absolute atomic E-state index is 13.8. The molecule has 1 atom stereocenters. The third-order valence-electron chi connectivity index (χ3n) is 2.98. The first kappa shape index (κ1) is 16.8. The van der Waals surface area contributed by atoms with E-state index in [-0.39, 0.29) is 11.5 Å². The number of carbonyl (C=O) groups is 2. The highest BCUT2D eigenvalue weighted by molar-refractivity contribution is 7.84. The highest BCUT2D eigenvalue weighted by atomic mass is 32.2. The maximum Gasteiger partial charge on any atom is 0.258 e. The molecule has 0 aliphatic rings. The number of amides is 2. The molecule has 0 heterocycles. The van der Waals surface area contributed by atoms with Gasteiger partial charge in [-0.25, -0.2) is 4.39 Å². The third-order valence-corrected chi connectivity index (χ3v) is 3.91. The molecular weight excluding hydrogens is 319 g/mol. The summed E-state index contributed by atoms with van der Waals surface area (Å²) in [6.07, 6.45) is 1.55. The zero-order valence-corrected chi connectivity index (χ0v) is 13.4. The van der Waals surface area contributed by atoms with Gasteiger partial charge >= 0.3 is 0 Å². The second-order valence-corrected chi connectivity index (χ2v) is 6.19. The Balaban J connectivity index is 2.19. The summed E-state index contributed by atoms with van der Waals surface area (Å²) in [4.78, 5) is 23.8. The minimum atomic E-state index is -1.11. The number of hydrogen-bond acceptors (Lipinski definition) is 3. The summed E-state index contributed by atoms with van der Waals surface area (Å²) in [7, 11) is -1.11. The molecule has 2 aromatic carbocycles. The van der Waals surface area contributed by atoms with Crippen molar-refractivity contribution in [1.82, 2.24) is 0 Å². The van der Waals surface area contributed by atoms with Crippen LogP contribution in [0.15, 0.2) is 47.4 Å². The van der Waals surface area contributed by atoms with Gasteiger partial charge in [0.2, 0.25) is 5.91 Å². The van der Waals surface area contributed by atoms with E-state index in [9.17, 15) is 18.2 Å². The van der Waals surface area contributed by atoms with Crippen LogP contribution in [0.25, 0.3) is 0 Å². The second kappa shape index (κ2) is 7.15. The zero-order valence-electron chi connectivity index (χ0n) is 12.6. The molecule has 0 aromatic heterocycles. The average molecular weight is 334 g/mol. The van der Waals surface area contributed by atoms with E-state index in [0.29, 0.717) is 16.3 Å². The van der Waals surface area contributed by atoms with Gasteiger partial charge in [0.05, 0.1) is 5.56 Å². The molecule has 0 bridgehead atoms. The van der Waals surface area contributed by atoms with Crippen LogP contribution in [-0.4, -0.2) is 22.3 Å². The predicted molar refractivity (Wildman–Crippen MR) is 87.4 cm³/mol. The lowest BCUT2D eigenvalue weighted by Gasteiger charge is -2.09. The normalized spacial score (nSPS) is 11.6. The van der Waals surface area contributed by atoms with Crippen molar-refractivity contribution in [3.05, 3.63) is 53.8 Å². The van der Waals surface area contributed by atoms with E-state index in [1.807, 2.05) is 0 Å². The van der Waals surface area contributed by atoms with Crippen molar-refractivity contribution in [3.63, 3.8) is 0 Å². The van der Waals surface area contributed by atoms with Gasteiger partial charge in [-0.05, 0) is 42.5 Å². The summed E-state index contributed by atoms with van der Waals surface area (Å²) >= 11 is 0. The van der Waals surface area contributed by atoms with Gasteiger partial charge in [0.1, 0.15) is 5.82 Å². The molecule has 0 saturated heterocycles. The fraction of sp³-hybridized carbons (Fsp3) is 0.125. The predicted octanol–water partition coefficient (Wildman–Crippen LogP) is 2.77. The highest BCUT2D eigenvalue weighted by Gasteiger charge is 2.13. The first-order valence-corrected chi connectivity index (χ1v) is 8.24. The van der Waals surface area contributed by atoms with Crippen molar-refractivity contribution < 1.29 is 18.2 Å². The third kappa shape index (κ3) is 4.46. The van der Waals surface area contributed by atoms with Crippen LogP contribution in [-0.2, 0) is 15.6 Å². The van der Waals surface area contributed by atoms with E-state index in [1.54, 1.807) is 30.5 Å². The molecule has 23 heavy (non-hydrogen) atoms. The van der Waals surface area contributed by atoms with E-state index in [4.69, 9.17) is 0 Å². The Bertz CT molecular complexity index is 775. The van der Waals surface area contributed by atoms with Crippen LogP contribution in [0.3, 0.4) is 0 Å². The van der Waals surface area contributed by atoms with Crippen LogP contribution in [0, 0.1) is 5.82 Å². The summed E-state index contributed by atoms with van der Waals surface area (Å²) in [5, 5.41) is 5.05. The van der Waals surface area contributed by atoms with Gasteiger partial charge in [0.15, 0.2) is 0 Å². The van der Waals surface area contributed by atoms with Crippen molar-refractivity contribution in [2.24, 2.45) is 0 Å². The Kier molecular flexibility index (Phi) is 5.23. The lowest BCUT2D eigenvalue weighted by Crippen LogP contribution is -2.15. The van der Waals surface area contributed by atoms with Gasteiger partial charge in [-0.2, -0.15) is 0 Å². The summed E-state index contributed by atoms with van der Waals surface area (Å²) < 4.78 is 25.1. The summed E-state index contributed by atoms with van der Waals surface area (Å²) in [6.45, 7) is 1.32. The van der Waals surface area contributed by atoms with E-state index in [2.05, 4.69) is 10.6 Å². The minimum absolute atomic E-state index is 0.181. The van der Waals surface area contributed by atoms with Crippen LogP contribution >= 0.6 is 0 Å². The zero-order chi connectivity index (χ0) is 17.0. The van der Waals surface area contributed by atoms with Gasteiger partial charge in [-0.3, -0.25) is 13.8 Å². The monoisotopic (exact) mass is 334 g/mol. The number of halogens is 1. The Morgan fingerprint density at radius 1 is 1.00 bits per heavy atom. The van der Waals surface area contributed by atoms with Crippen molar-refractivity contribution in [3.8, 4) is 0 Å². The topological polar surface area (TPSA) is 75.3 Å². The first-order valence-electron chi connectivity index (χ1n) is 6.69. The number of anilines is 2. The van der Waals surface area contributed by atoms with E-state index in [1.165, 1.54) is 19.1 Å². The number of carbonyl (C=O) groups excluding carboxylic acids is 2. The van der Waals surface area contributed by atoms with Crippen molar-refractivity contribution in [1.29, 1.82) is 0 Å². The molecule has 0 aliphatic carbocycles. The molecule has 0 radical (unpaired) electrons. The van der Waals surface area contributed by atoms with E-state index >= 15 is 0 Å². The molecule has 0 saturated carbocycles. The van der Waals surface area contributed by atoms with Crippen LogP contribution in [0.1, 0.15) is 17.3 Å². The van der Waals surface area contributed by atoms with Gasteiger partial charge in [0.25, 0.3) is 5.91 Å². The highest BCUT2D eigenvalue weighted by Crippen LogP contribution is 2.18. The number of rotatable bonds is 4. The second-order valence-electron chi connectivity index (χ2n) is 4.81. The van der Waals surface area contributed by atoms with Crippen LogP contribution in [0.2, 0.25) is 0 Å². The van der Waals surface area contributed by atoms with Crippen LogP contribution in [0.5, 0.6) is 0 Å². The molecule has 2 N–H and O–H groups in total. The Morgan fingerprint density at radius 3 is 2.17 bits per heavy atom. The molecule has 2 aromatic rings. The summed E-state index contributed by atoms with van der Waals surface area (Å²) in [5.41, 5.74) is 0.605. The number of benzene rings is 2. The molecule has 0 spiro atoms. The first-order chi connectivity index (χ1) is 10.9. The molecule has 0 fully saturated rings. The quantitative estimate of drug-likeness (QED) is 0.903. The molecule has 7 heteroatoms. The summed E-state index contributed by atoms with van der Waals surface area (Å²) in [6, 6.07) is 10.2. The van der Waals surface area contributed by atoms with Crippen LogP contribution in [0.4, 0.5) is 15.8 Å². The van der Waals surface area contributed by atoms with E-state index < -0.39 is 22.5 Å². The van der Waals surface area contributed by atoms with Crippen molar-refractivity contribution in [2.45, 2.75) is 11.8 Å². The van der Waals surface area contributed by atoms with Gasteiger partial charge in [-0.15, -0.1) is 0 Å². The average Bonchev–Trinajstić information content (AvgIpc) is 2.49. The van der Waals surface area contributed by atoms with Crippen molar-refractivity contribution in [2.75, 3.05) is 16.9 Å². The summed E-state index contributed by atoms with van der Waals surface area (Å²) in [5.74, 6) is -1.64. The lowest BCUT2D eigenvalue weighted by atomic mass is 10.1. The molecule has 1 unspecified atom stereocenters. The minimum Gasteiger partial charge on any atom is -0.326 e. The largest absolute Gasteiger partial charge is 0.326 e. The fourth-order valence-corrected chi connectivity index (χ4v) is 2.43. The number of nitrogens with one attached hydrogen (secondary N) is 2. The smallest absolute Gasteiger partial charge is 0.258 e. The molecular formula is C16H15FN2O3S. The molecule has 5 nitrogen and oxygen atoms in total. The Morgan fingerprint density at radius 2 is 1.61 bits per heavy atom. The fourth-order valence-electron chi connectivity index (χ4n) is 1.91. The Hall–Kier alpha value is -2.54. The molecule has 2 rings (SSSR count). The molecule has 2 amide bonds. The van der Waals surface area contributed by atoms with Gasteiger partial charge in [0, 0.05) is 40.2 Å². The lowest BCUT2D eigenvalue weighted by molar-refractivity contribution is -0.114. The maximum atomic E-state index is 13.8. The molecule has 0 aliphatic heterocycles.